The van der Waals surface area contributed by atoms with Crippen LogP contribution in [0.3, 0.4) is 0 Å². The van der Waals surface area contributed by atoms with Gasteiger partial charge in [-0.25, -0.2) is 14.1 Å². The van der Waals surface area contributed by atoms with E-state index in [1.807, 2.05) is 0 Å². The molecule has 2 fully saturated rings. The maximum atomic E-state index is 14.9. The summed E-state index contributed by atoms with van der Waals surface area (Å²) in [5.74, 6) is -2.24. The van der Waals surface area contributed by atoms with Gasteiger partial charge in [-0.3, -0.25) is 14.4 Å². The van der Waals surface area contributed by atoms with Gasteiger partial charge in [-0.15, -0.1) is 0 Å². The molecule has 2 saturated heterocycles. The van der Waals surface area contributed by atoms with Gasteiger partial charge in [-0.1, -0.05) is 25.4 Å². The van der Waals surface area contributed by atoms with Crippen LogP contribution in [0.2, 0.25) is 5.02 Å². The van der Waals surface area contributed by atoms with Crippen LogP contribution in [0.5, 0.6) is 0 Å². The summed E-state index contributed by atoms with van der Waals surface area (Å²) in [4.78, 5) is 53.1. The Bertz CT molecular complexity index is 1220. The topological polar surface area (TPSA) is 108 Å². The maximum absolute atomic E-state index is 14.9. The fraction of sp³-hybridized carbons (Fsp3) is 0.360. The van der Waals surface area contributed by atoms with Crippen molar-refractivity contribution in [2.75, 3.05) is 29.2 Å². The number of hydrogen-bond acceptors (Lipinski definition) is 5. The number of rotatable bonds is 5. The highest BCUT2D eigenvalue weighted by Crippen LogP contribution is 2.36. The third kappa shape index (κ3) is 5.05. The predicted molar refractivity (Wildman–Crippen MR) is 132 cm³/mol. The van der Waals surface area contributed by atoms with E-state index in [9.17, 15) is 23.6 Å². The van der Waals surface area contributed by atoms with Crippen molar-refractivity contribution in [1.82, 2.24) is 4.90 Å². The van der Waals surface area contributed by atoms with Gasteiger partial charge in [0.1, 0.15) is 11.9 Å². The molecular formula is C25H26ClFN4O5. The van der Waals surface area contributed by atoms with E-state index in [1.54, 1.807) is 38.1 Å². The van der Waals surface area contributed by atoms with E-state index >= 15 is 0 Å². The fourth-order valence-electron chi connectivity index (χ4n) is 4.34. The molecule has 5 amide bonds. The van der Waals surface area contributed by atoms with E-state index in [-0.39, 0.29) is 36.9 Å². The lowest BCUT2D eigenvalue weighted by Gasteiger charge is -2.24. The number of hydrogen-bond donors (Lipinski definition) is 2. The molecule has 36 heavy (non-hydrogen) atoms. The van der Waals surface area contributed by atoms with Crippen LogP contribution >= 0.6 is 11.6 Å². The zero-order valence-electron chi connectivity index (χ0n) is 20.0. The van der Waals surface area contributed by atoms with Crippen molar-refractivity contribution < 1.29 is 28.3 Å². The minimum absolute atomic E-state index is 0.0300. The fourth-order valence-corrected chi connectivity index (χ4v) is 4.47. The zero-order valence-corrected chi connectivity index (χ0v) is 20.8. The number of halogens is 2. The summed E-state index contributed by atoms with van der Waals surface area (Å²) >= 11 is 5.88. The molecular weight excluding hydrogens is 491 g/mol. The first-order valence-corrected chi connectivity index (χ1v) is 11.7. The first kappa shape index (κ1) is 25.6. The molecule has 4 rings (SSSR count). The van der Waals surface area contributed by atoms with E-state index in [2.05, 4.69) is 10.6 Å². The van der Waals surface area contributed by atoms with Gasteiger partial charge in [-0.05, 0) is 36.4 Å². The Morgan fingerprint density at radius 1 is 1.11 bits per heavy atom. The number of carbonyl (C=O) groups excluding carboxylic acids is 4. The minimum atomic E-state index is -0.913. The molecule has 0 aliphatic carbocycles. The Balaban J connectivity index is 1.49. The van der Waals surface area contributed by atoms with Crippen molar-refractivity contribution >= 4 is 52.4 Å². The molecule has 9 nitrogen and oxygen atoms in total. The standard InChI is InChI=1S/C25H26ClFN4O5/c1-25(2)12-21(32)31(23(25)34)16-8-9-19(18(27)10-16)29-22(33)20-11-17(36-3)13-30(20)24(35)28-15-6-4-14(26)5-7-15/h4-10,17,20H,11-13H2,1-3H3,(H,28,35)(H,29,33). The van der Waals surface area contributed by atoms with Gasteiger partial charge in [0.2, 0.25) is 17.7 Å². The Kier molecular flexibility index (Phi) is 7.01. The van der Waals surface area contributed by atoms with Gasteiger partial charge in [-0.2, -0.15) is 0 Å². The molecule has 2 unspecified atom stereocenters. The van der Waals surface area contributed by atoms with E-state index in [1.165, 1.54) is 24.1 Å². The highest BCUT2D eigenvalue weighted by molar-refractivity contribution is 6.30. The van der Waals surface area contributed by atoms with Crippen molar-refractivity contribution in [3.05, 3.63) is 53.3 Å². The summed E-state index contributed by atoms with van der Waals surface area (Å²) < 4.78 is 20.3. The normalized spacial score (nSPS) is 21.1. The molecule has 11 heteroatoms. The lowest BCUT2D eigenvalue weighted by Crippen LogP contribution is -2.45. The van der Waals surface area contributed by atoms with Crippen molar-refractivity contribution in [1.29, 1.82) is 0 Å². The number of ether oxygens (including phenoxy) is 1. The largest absolute Gasteiger partial charge is 0.380 e. The predicted octanol–water partition coefficient (Wildman–Crippen LogP) is 4.03. The molecule has 0 saturated carbocycles. The highest BCUT2D eigenvalue weighted by atomic mass is 35.5. The number of nitrogens with zero attached hydrogens (tertiary/aromatic N) is 2. The summed E-state index contributed by atoms with van der Waals surface area (Å²) in [6.07, 6.45) is -0.121. The third-order valence-electron chi connectivity index (χ3n) is 6.35. The Morgan fingerprint density at radius 3 is 2.39 bits per heavy atom. The Hall–Kier alpha value is -3.50. The number of methoxy groups -OCH3 is 1. The van der Waals surface area contributed by atoms with Crippen LogP contribution < -0.4 is 15.5 Å². The highest BCUT2D eigenvalue weighted by Gasteiger charge is 2.45. The van der Waals surface area contributed by atoms with Crippen LogP contribution in [-0.4, -0.2) is 54.5 Å². The molecule has 0 bridgehead atoms. The smallest absolute Gasteiger partial charge is 0.322 e. The molecule has 0 aromatic heterocycles. The molecule has 2 N–H and O–H groups in total. The Morgan fingerprint density at radius 2 is 1.81 bits per heavy atom. The van der Waals surface area contributed by atoms with Gasteiger partial charge in [0.25, 0.3) is 0 Å². The minimum Gasteiger partial charge on any atom is -0.380 e. The average Bonchev–Trinajstić information content (AvgIpc) is 3.35. The second kappa shape index (κ2) is 9.87. The van der Waals surface area contributed by atoms with E-state index in [0.29, 0.717) is 10.7 Å². The molecule has 2 aromatic rings. The maximum Gasteiger partial charge on any atom is 0.322 e. The molecule has 2 aromatic carbocycles. The average molecular weight is 517 g/mol. The van der Waals surface area contributed by atoms with Gasteiger partial charge >= 0.3 is 6.03 Å². The summed E-state index contributed by atoms with van der Waals surface area (Å²) in [6, 6.07) is 8.80. The monoisotopic (exact) mass is 516 g/mol. The number of urea groups is 1. The van der Waals surface area contributed by atoms with Gasteiger partial charge < -0.3 is 20.3 Å². The number of carbonyl (C=O) groups is 4. The number of nitrogens with one attached hydrogen (secondary N) is 2. The van der Waals surface area contributed by atoms with Crippen LogP contribution in [0.4, 0.5) is 26.2 Å². The van der Waals surface area contributed by atoms with Gasteiger partial charge in [0.05, 0.1) is 22.9 Å². The number of anilines is 3. The van der Waals surface area contributed by atoms with Crippen LogP contribution in [-0.2, 0) is 19.1 Å². The van der Waals surface area contributed by atoms with Crippen molar-refractivity contribution in [3.63, 3.8) is 0 Å². The van der Waals surface area contributed by atoms with Crippen LogP contribution in [0.25, 0.3) is 0 Å². The van der Waals surface area contributed by atoms with E-state index in [0.717, 1.165) is 11.0 Å². The molecule has 2 aliphatic heterocycles. The molecule has 0 radical (unpaired) electrons. The van der Waals surface area contributed by atoms with Crippen molar-refractivity contribution in [2.45, 2.75) is 38.8 Å². The SMILES string of the molecule is COC1CC(C(=O)Nc2ccc(N3C(=O)CC(C)(C)C3=O)cc2F)N(C(=O)Nc2ccc(Cl)cc2)C1. The lowest BCUT2D eigenvalue weighted by atomic mass is 9.92. The molecule has 2 heterocycles. The second-order valence-corrected chi connectivity index (χ2v) is 9.88. The first-order valence-electron chi connectivity index (χ1n) is 11.3. The molecule has 0 spiro atoms. The van der Waals surface area contributed by atoms with Crippen LogP contribution in [0.15, 0.2) is 42.5 Å². The third-order valence-corrected chi connectivity index (χ3v) is 6.60. The quantitative estimate of drug-likeness (QED) is 0.583. The lowest BCUT2D eigenvalue weighted by molar-refractivity contribution is -0.124. The van der Waals surface area contributed by atoms with E-state index in [4.69, 9.17) is 16.3 Å². The van der Waals surface area contributed by atoms with Crippen molar-refractivity contribution in [3.8, 4) is 0 Å². The zero-order chi connectivity index (χ0) is 26.2. The summed E-state index contributed by atoms with van der Waals surface area (Å²) in [5.41, 5.74) is -0.409. The number of likely N-dealkylation sites (tertiary alicyclic amines) is 1. The summed E-state index contributed by atoms with van der Waals surface area (Å²) in [5, 5.41) is 5.75. The number of benzene rings is 2. The summed E-state index contributed by atoms with van der Waals surface area (Å²) in [6.45, 7) is 3.48. The summed E-state index contributed by atoms with van der Waals surface area (Å²) in [7, 11) is 1.49. The van der Waals surface area contributed by atoms with Gasteiger partial charge in [0.15, 0.2) is 0 Å². The van der Waals surface area contributed by atoms with Gasteiger partial charge in [0, 0.05) is 43.3 Å². The number of amides is 5. The Labute approximate surface area is 212 Å². The molecule has 2 atom stereocenters. The second-order valence-electron chi connectivity index (χ2n) is 9.45. The van der Waals surface area contributed by atoms with Crippen LogP contribution in [0.1, 0.15) is 26.7 Å². The van der Waals surface area contributed by atoms with E-state index < -0.39 is 41.0 Å². The molecule has 190 valence electrons. The molecule has 2 aliphatic rings. The van der Waals surface area contributed by atoms with Crippen LogP contribution in [0, 0.1) is 11.2 Å². The van der Waals surface area contributed by atoms with Crippen molar-refractivity contribution in [2.24, 2.45) is 5.41 Å². The number of imide groups is 1. The first-order chi connectivity index (χ1) is 17.0.